The monoisotopic (exact) mass is 280 g/mol. The predicted molar refractivity (Wildman–Crippen MR) is 87.8 cm³/mol. The molecular weight excluding hydrogens is 244 g/mol. The molecule has 2 heteroatoms. The molecule has 0 radical (unpaired) electrons. The van der Waals surface area contributed by atoms with Crippen molar-refractivity contribution in [1.29, 1.82) is 0 Å². The molecule has 2 N–H and O–H groups in total. The normalized spacial score (nSPS) is 37.2. The van der Waals surface area contributed by atoms with Gasteiger partial charge in [-0.05, 0) is 61.8 Å². The summed E-state index contributed by atoms with van der Waals surface area (Å²) >= 11 is 0. The molecule has 2 unspecified atom stereocenters. The first-order chi connectivity index (χ1) is 9.33. The maximum atomic E-state index is 6.33. The quantitative estimate of drug-likeness (QED) is 0.842. The van der Waals surface area contributed by atoms with E-state index in [4.69, 9.17) is 5.73 Å². The van der Waals surface area contributed by atoms with Crippen molar-refractivity contribution in [3.05, 3.63) is 0 Å². The summed E-state index contributed by atoms with van der Waals surface area (Å²) in [7, 11) is 0. The third-order valence-electron chi connectivity index (χ3n) is 6.93. The van der Waals surface area contributed by atoms with Gasteiger partial charge in [0, 0.05) is 18.6 Å². The number of rotatable bonds is 4. The number of nitrogens with two attached hydrogens (primary N) is 1. The van der Waals surface area contributed by atoms with Crippen LogP contribution in [-0.4, -0.2) is 30.1 Å². The third kappa shape index (κ3) is 2.66. The molecule has 2 aliphatic rings. The van der Waals surface area contributed by atoms with Gasteiger partial charge in [-0.25, -0.2) is 0 Å². The van der Waals surface area contributed by atoms with E-state index in [0.29, 0.717) is 10.8 Å². The van der Waals surface area contributed by atoms with Gasteiger partial charge in [0.2, 0.25) is 0 Å². The summed E-state index contributed by atoms with van der Waals surface area (Å²) < 4.78 is 0. The molecule has 0 aromatic heterocycles. The van der Waals surface area contributed by atoms with Crippen LogP contribution >= 0.6 is 0 Å². The Morgan fingerprint density at radius 3 is 2.20 bits per heavy atom. The topological polar surface area (TPSA) is 29.3 Å². The molecule has 0 spiro atoms. The second kappa shape index (κ2) is 5.61. The fourth-order valence-corrected chi connectivity index (χ4v) is 4.97. The Bertz CT molecular complexity index is 332. The van der Waals surface area contributed by atoms with Gasteiger partial charge in [-0.2, -0.15) is 0 Å². The second-order valence-electron chi connectivity index (χ2n) is 8.46. The molecule has 0 bridgehead atoms. The number of likely N-dealkylation sites (tertiary alicyclic amines) is 1. The van der Waals surface area contributed by atoms with Gasteiger partial charge >= 0.3 is 0 Å². The summed E-state index contributed by atoms with van der Waals surface area (Å²) in [5, 5.41) is 0. The lowest BCUT2D eigenvalue weighted by Gasteiger charge is -2.53. The lowest BCUT2D eigenvalue weighted by atomic mass is 9.63. The van der Waals surface area contributed by atoms with E-state index in [0.717, 1.165) is 12.5 Å². The summed E-state index contributed by atoms with van der Waals surface area (Å²) in [6.07, 6.45) is 7.96. The minimum atomic E-state index is 0.279. The predicted octanol–water partition coefficient (Wildman–Crippen LogP) is 4.04. The van der Waals surface area contributed by atoms with Crippen LogP contribution in [0.2, 0.25) is 0 Å². The summed E-state index contributed by atoms with van der Waals surface area (Å²) in [4.78, 5) is 2.79. The molecule has 2 nitrogen and oxygen atoms in total. The van der Waals surface area contributed by atoms with Crippen LogP contribution < -0.4 is 5.73 Å². The molecule has 1 heterocycles. The van der Waals surface area contributed by atoms with Gasteiger partial charge in [0.1, 0.15) is 0 Å². The Morgan fingerprint density at radius 2 is 1.75 bits per heavy atom. The molecule has 118 valence electrons. The van der Waals surface area contributed by atoms with Crippen LogP contribution in [0.4, 0.5) is 0 Å². The molecule has 0 aromatic carbocycles. The van der Waals surface area contributed by atoms with Gasteiger partial charge in [0.25, 0.3) is 0 Å². The molecule has 0 amide bonds. The van der Waals surface area contributed by atoms with Crippen LogP contribution in [0.25, 0.3) is 0 Å². The first-order valence-electron chi connectivity index (χ1n) is 8.78. The average molecular weight is 280 g/mol. The maximum absolute atomic E-state index is 6.33. The molecule has 20 heavy (non-hydrogen) atoms. The highest BCUT2D eigenvalue weighted by molar-refractivity contribution is 5.05. The lowest BCUT2D eigenvalue weighted by molar-refractivity contribution is -0.0155. The van der Waals surface area contributed by atoms with E-state index in [1.165, 1.54) is 51.6 Å². The van der Waals surface area contributed by atoms with Crippen LogP contribution in [0.15, 0.2) is 0 Å². The number of hydrogen-bond acceptors (Lipinski definition) is 2. The Labute approximate surface area is 126 Å². The molecule has 1 saturated carbocycles. The summed E-state index contributed by atoms with van der Waals surface area (Å²) in [6.45, 7) is 15.4. The van der Waals surface area contributed by atoms with Crippen molar-refractivity contribution in [2.45, 2.75) is 78.7 Å². The SMILES string of the molecule is CCC1(CC)CCN(C2(CN)CCC(C)(C)CC2C)C1. The van der Waals surface area contributed by atoms with Crippen LogP contribution in [0.1, 0.15) is 73.1 Å². The van der Waals surface area contributed by atoms with Gasteiger partial charge in [-0.1, -0.05) is 34.6 Å². The zero-order chi connectivity index (χ0) is 15.0. The fourth-order valence-electron chi connectivity index (χ4n) is 4.97. The van der Waals surface area contributed by atoms with Crippen LogP contribution in [0.5, 0.6) is 0 Å². The highest BCUT2D eigenvalue weighted by Gasteiger charge is 2.50. The van der Waals surface area contributed by atoms with Gasteiger partial charge < -0.3 is 5.73 Å². The Balaban J connectivity index is 2.17. The van der Waals surface area contributed by atoms with Gasteiger partial charge in [-0.15, -0.1) is 0 Å². The average Bonchev–Trinajstić information content (AvgIpc) is 2.84. The highest BCUT2D eigenvalue weighted by atomic mass is 15.2. The first-order valence-corrected chi connectivity index (χ1v) is 8.78. The van der Waals surface area contributed by atoms with E-state index in [2.05, 4.69) is 39.5 Å². The zero-order valence-corrected chi connectivity index (χ0v) is 14.5. The summed E-state index contributed by atoms with van der Waals surface area (Å²) in [5.41, 5.74) is 7.67. The minimum absolute atomic E-state index is 0.279. The summed E-state index contributed by atoms with van der Waals surface area (Å²) in [5.74, 6) is 0.723. The standard InChI is InChI=1S/C18H36N2/c1-6-17(7-2)10-11-20(14-17)18(13-19)9-8-16(4,5)12-15(18)3/h15H,6-14,19H2,1-5H3. The van der Waals surface area contributed by atoms with E-state index in [1.54, 1.807) is 0 Å². The van der Waals surface area contributed by atoms with Crippen molar-refractivity contribution in [3.8, 4) is 0 Å². The first kappa shape index (κ1) is 16.3. The smallest absolute Gasteiger partial charge is 0.0357 e. The molecule has 2 fully saturated rings. The number of hydrogen-bond donors (Lipinski definition) is 1. The van der Waals surface area contributed by atoms with Crippen molar-refractivity contribution >= 4 is 0 Å². The van der Waals surface area contributed by atoms with E-state index in [9.17, 15) is 0 Å². The zero-order valence-electron chi connectivity index (χ0n) is 14.5. The van der Waals surface area contributed by atoms with Crippen molar-refractivity contribution in [2.75, 3.05) is 19.6 Å². The lowest BCUT2D eigenvalue weighted by Crippen LogP contribution is -2.60. The Hall–Kier alpha value is -0.0800. The fraction of sp³-hybridized carbons (Fsp3) is 1.00. The molecule has 2 rings (SSSR count). The van der Waals surface area contributed by atoms with Crippen LogP contribution in [0.3, 0.4) is 0 Å². The van der Waals surface area contributed by atoms with Crippen molar-refractivity contribution in [2.24, 2.45) is 22.5 Å². The van der Waals surface area contributed by atoms with Crippen LogP contribution in [0, 0.1) is 16.7 Å². The second-order valence-corrected chi connectivity index (χ2v) is 8.46. The maximum Gasteiger partial charge on any atom is 0.0357 e. The van der Waals surface area contributed by atoms with E-state index in [1.807, 2.05) is 0 Å². The highest BCUT2D eigenvalue weighted by Crippen LogP contribution is 2.49. The van der Waals surface area contributed by atoms with Gasteiger partial charge in [0.05, 0.1) is 0 Å². The molecular formula is C18H36N2. The Kier molecular flexibility index (Phi) is 4.57. The molecule has 1 aliphatic carbocycles. The van der Waals surface area contributed by atoms with E-state index in [-0.39, 0.29) is 5.54 Å². The van der Waals surface area contributed by atoms with Crippen LogP contribution in [-0.2, 0) is 0 Å². The molecule has 1 aliphatic heterocycles. The Morgan fingerprint density at radius 1 is 1.10 bits per heavy atom. The van der Waals surface area contributed by atoms with Crippen molar-refractivity contribution in [3.63, 3.8) is 0 Å². The minimum Gasteiger partial charge on any atom is -0.329 e. The van der Waals surface area contributed by atoms with Crippen molar-refractivity contribution < 1.29 is 0 Å². The van der Waals surface area contributed by atoms with E-state index >= 15 is 0 Å². The molecule has 0 aromatic rings. The van der Waals surface area contributed by atoms with Gasteiger partial charge in [-0.3, -0.25) is 4.90 Å². The largest absolute Gasteiger partial charge is 0.329 e. The number of nitrogens with zero attached hydrogens (tertiary/aromatic N) is 1. The molecule has 1 saturated heterocycles. The van der Waals surface area contributed by atoms with E-state index < -0.39 is 0 Å². The summed E-state index contributed by atoms with van der Waals surface area (Å²) in [6, 6.07) is 0. The molecule has 2 atom stereocenters. The van der Waals surface area contributed by atoms with Gasteiger partial charge in [0.15, 0.2) is 0 Å². The van der Waals surface area contributed by atoms with Crippen molar-refractivity contribution in [1.82, 2.24) is 4.90 Å². The third-order valence-corrected chi connectivity index (χ3v) is 6.93.